The summed E-state index contributed by atoms with van der Waals surface area (Å²) in [5, 5.41) is 20.8. The second-order valence-corrected chi connectivity index (χ2v) is 5.91. The fourth-order valence-corrected chi connectivity index (χ4v) is 2.64. The maximum Gasteiger partial charge on any atom is 0.311 e. The van der Waals surface area contributed by atoms with Crippen molar-refractivity contribution in [3.05, 3.63) is 105 Å². The second-order valence-electron chi connectivity index (χ2n) is 5.91. The Kier molecular flexibility index (Phi) is 5.78. The summed E-state index contributed by atoms with van der Waals surface area (Å²) >= 11 is 0. The average molecular weight is 374 g/mol. The molecule has 0 saturated carbocycles. The van der Waals surface area contributed by atoms with Crippen LogP contribution in [0.3, 0.4) is 0 Å². The van der Waals surface area contributed by atoms with Crippen LogP contribution >= 0.6 is 0 Å². The van der Waals surface area contributed by atoms with Crippen molar-refractivity contribution in [1.82, 2.24) is 0 Å². The molecule has 0 aromatic heterocycles. The smallest absolute Gasteiger partial charge is 0.311 e. The number of nitrogens with zero attached hydrogens (tertiary/aromatic N) is 2. The van der Waals surface area contributed by atoms with Crippen LogP contribution in [0.15, 0.2) is 72.8 Å². The van der Waals surface area contributed by atoms with E-state index in [1.165, 1.54) is 36.4 Å². The Balaban J connectivity index is 1.91. The number of hydrogen-bond donors (Lipinski definition) is 0. The van der Waals surface area contributed by atoms with E-state index in [2.05, 4.69) is 0 Å². The normalized spacial score (nSPS) is 10.9. The van der Waals surface area contributed by atoms with Crippen molar-refractivity contribution in [2.45, 2.75) is 6.61 Å². The first-order chi connectivity index (χ1) is 13.6. The molecule has 0 bridgehead atoms. The molecule has 0 atom stereocenters. The van der Waals surface area contributed by atoms with Crippen molar-refractivity contribution in [1.29, 1.82) is 5.26 Å². The Hall–Kier alpha value is -3.98. The van der Waals surface area contributed by atoms with Crippen molar-refractivity contribution in [2.75, 3.05) is 0 Å². The van der Waals surface area contributed by atoms with Crippen LogP contribution in [0.1, 0.15) is 16.7 Å². The Morgan fingerprint density at radius 3 is 2.50 bits per heavy atom. The molecule has 0 N–H and O–H groups in total. The molecule has 0 fully saturated rings. The number of benzene rings is 3. The molecule has 0 heterocycles. The maximum atomic E-state index is 13.9. The van der Waals surface area contributed by atoms with E-state index in [9.17, 15) is 19.8 Å². The van der Waals surface area contributed by atoms with E-state index < -0.39 is 10.7 Å². The predicted octanol–water partition coefficient (Wildman–Crippen LogP) is 5.38. The zero-order valence-electron chi connectivity index (χ0n) is 14.7. The minimum atomic E-state index is -0.549. The predicted molar refractivity (Wildman–Crippen MR) is 104 cm³/mol. The van der Waals surface area contributed by atoms with Gasteiger partial charge in [-0.25, -0.2) is 4.39 Å². The van der Waals surface area contributed by atoms with Crippen molar-refractivity contribution >= 4 is 17.3 Å². The third-order valence-electron chi connectivity index (χ3n) is 4.01. The SMILES string of the molecule is N#CC(=Cc1ccc(OCc2ccccc2)c([N+](=O)[O-])c1)c1ccccc1F. The molecule has 0 aliphatic rings. The molecule has 5 nitrogen and oxygen atoms in total. The first-order valence-electron chi connectivity index (χ1n) is 8.40. The number of allylic oxidation sites excluding steroid dienone is 1. The Morgan fingerprint density at radius 2 is 1.82 bits per heavy atom. The van der Waals surface area contributed by atoms with Crippen LogP contribution in [-0.2, 0) is 6.61 Å². The van der Waals surface area contributed by atoms with E-state index in [-0.39, 0.29) is 29.2 Å². The van der Waals surface area contributed by atoms with E-state index in [4.69, 9.17) is 4.74 Å². The summed E-state index contributed by atoms with van der Waals surface area (Å²) in [7, 11) is 0. The lowest BCUT2D eigenvalue weighted by molar-refractivity contribution is -0.386. The van der Waals surface area contributed by atoms with Crippen LogP contribution in [-0.4, -0.2) is 4.92 Å². The van der Waals surface area contributed by atoms with E-state index in [0.717, 1.165) is 5.56 Å². The summed E-state index contributed by atoms with van der Waals surface area (Å²) in [4.78, 5) is 10.9. The topological polar surface area (TPSA) is 76.2 Å². The highest BCUT2D eigenvalue weighted by Gasteiger charge is 2.16. The number of nitriles is 1. The Morgan fingerprint density at radius 1 is 1.11 bits per heavy atom. The van der Waals surface area contributed by atoms with Gasteiger partial charge in [0.05, 0.1) is 16.6 Å². The van der Waals surface area contributed by atoms with Crippen molar-refractivity contribution in [2.24, 2.45) is 0 Å². The van der Waals surface area contributed by atoms with Crippen LogP contribution in [0, 0.1) is 27.3 Å². The zero-order chi connectivity index (χ0) is 19.9. The highest BCUT2D eigenvalue weighted by atomic mass is 19.1. The average Bonchev–Trinajstić information content (AvgIpc) is 2.72. The Bertz CT molecular complexity index is 1070. The summed E-state index contributed by atoms with van der Waals surface area (Å²) < 4.78 is 19.5. The van der Waals surface area contributed by atoms with Gasteiger partial charge in [-0.05, 0) is 29.3 Å². The lowest BCUT2D eigenvalue weighted by Gasteiger charge is -2.08. The number of ether oxygens (including phenoxy) is 1. The van der Waals surface area contributed by atoms with Crippen molar-refractivity contribution < 1.29 is 14.1 Å². The summed E-state index contributed by atoms with van der Waals surface area (Å²) in [6, 6.07) is 21.5. The van der Waals surface area contributed by atoms with Gasteiger partial charge in [-0.2, -0.15) is 5.26 Å². The largest absolute Gasteiger partial charge is 0.482 e. The van der Waals surface area contributed by atoms with Gasteiger partial charge in [0.25, 0.3) is 0 Å². The third kappa shape index (κ3) is 4.40. The van der Waals surface area contributed by atoms with Crippen LogP contribution in [0.25, 0.3) is 11.6 Å². The first kappa shape index (κ1) is 18.8. The van der Waals surface area contributed by atoms with Gasteiger partial charge in [-0.1, -0.05) is 54.6 Å². The van der Waals surface area contributed by atoms with E-state index in [1.54, 1.807) is 12.1 Å². The van der Waals surface area contributed by atoms with Gasteiger partial charge in [0, 0.05) is 11.6 Å². The summed E-state index contributed by atoms with van der Waals surface area (Å²) in [5.74, 6) is -0.414. The molecule has 6 heteroatoms. The quantitative estimate of drug-likeness (QED) is 0.251. The molecule has 0 spiro atoms. The van der Waals surface area contributed by atoms with Crippen molar-refractivity contribution in [3.63, 3.8) is 0 Å². The van der Waals surface area contributed by atoms with E-state index in [1.807, 2.05) is 36.4 Å². The van der Waals surface area contributed by atoms with Gasteiger partial charge in [-0.15, -0.1) is 0 Å². The van der Waals surface area contributed by atoms with Gasteiger partial charge in [0.2, 0.25) is 0 Å². The monoisotopic (exact) mass is 374 g/mol. The number of hydrogen-bond acceptors (Lipinski definition) is 4. The fourth-order valence-electron chi connectivity index (χ4n) is 2.64. The highest BCUT2D eigenvalue weighted by Crippen LogP contribution is 2.30. The molecular formula is C22H15FN2O3. The van der Waals surface area contributed by atoms with Gasteiger partial charge < -0.3 is 4.74 Å². The van der Waals surface area contributed by atoms with Crippen LogP contribution in [0.4, 0.5) is 10.1 Å². The molecule has 3 aromatic rings. The number of nitro benzene ring substituents is 1. The molecule has 138 valence electrons. The highest BCUT2D eigenvalue weighted by molar-refractivity contribution is 5.90. The van der Waals surface area contributed by atoms with Crippen molar-refractivity contribution in [3.8, 4) is 11.8 Å². The van der Waals surface area contributed by atoms with Gasteiger partial charge in [0.1, 0.15) is 12.4 Å². The molecular weight excluding hydrogens is 359 g/mol. The standard InChI is InChI=1S/C22H15FN2O3/c23-20-9-5-4-8-19(20)18(14-24)12-17-10-11-22(21(13-17)25(26)27)28-15-16-6-2-1-3-7-16/h1-13H,15H2. The van der Waals surface area contributed by atoms with Gasteiger partial charge in [-0.3, -0.25) is 10.1 Å². The molecule has 3 rings (SSSR count). The molecule has 3 aromatic carbocycles. The minimum Gasteiger partial charge on any atom is -0.482 e. The second kappa shape index (κ2) is 8.60. The lowest BCUT2D eigenvalue weighted by Crippen LogP contribution is -1.99. The molecule has 0 unspecified atom stereocenters. The maximum absolute atomic E-state index is 13.9. The molecule has 0 aliphatic heterocycles. The lowest BCUT2D eigenvalue weighted by atomic mass is 10.0. The third-order valence-corrected chi connectivity index (χ3v) is 4.01. The molecule has 28 heavy (non-hydrogen) atoms. The minimum absolute atomic E-state index is 0.0744. The van der Waals surface area contributed by atoms with E-state index >= 15 is 0 Å². The van der Waals surface area contributed by atoms with Crippen LogP contribution in [0.2, 0.25) is 0 Å². The van der Waals surface area contributed by atoms with Gasteiger partial charge >= 0.3 is 5.69 Å². The molecule has 0 radical (unpaired) electrons. The summed E-state index contributed by atoms with van der Waals surface area (Å²) in [5.41, 5.74) is 1.27. The Labute approximate surface area is 161 Å². The number of halogens is 1. The van der Waals surface area contributed by atoms with E-state index in [0.29, 0.717) is 5.56 Å². The zero-order valence-corrected chi connectivity index (χ0v) is 14.7. The fraction of sp³-hybridized carbons (Fsp3) is 0.0455. The summed E-state index contributed by atoms with van der Waals surface area (Å²) in [6.07, 6.45) is 1.41. The van der Waals surface area contributed by atoms with Crippen LogP contribution < -0.4 is 4.74 Å². The molecule has 0 amide bonds. The number of rotatable bonds is 6. The molecule has 0 saturated heterocycles. The van der Waals surface area contributed by atoms with Crippen LogP contribution in [0.5, 0.6) is 5.75 Å². The first-order valence-corrected chi connectivity index (χ1v) is 8.40. The number of nitro groups is 1. The van der Waals surface area contributed by atoms with Gasteiger partial charge in [0.15, 0.2) is 5.75 Å². The molecule has 0 aliphatic carbocycles. The summed E-state index contributed by atoms with van der Waals surface area (Å²) in [6.45, 7) is 0.190.